The number of halogens is 4. The predicted molar refractivity (Wildman–Crippen MR) is 88.9 cm³/mol. The SMILES string of the molecule is C=CS(=O)(=O)N1CCc2cc(Oc3ccc(C(F)(F)F)c(F)c3)cnc2C1. The second-order valence-corrected chi connectivity index (χ2v) is 7.69. The second kappa shape index (κ2) is 6.93. The lowest BCUT2D eigenvalue weighted by atomic mass is 10.1. The van der Waals surface area contributed by atoms with Gasteiger partial charge in [0.1, 0.15) is 17.3 Å². The molecular weight excluding hydrogens is 388 g/mol. The molecule has 1 aliphatic rings. The van der Waals surface area contributed by atoms with Crippen molar-refractivity contribution in [3.05, 3.63) is 65.1 Å². The highest BCUT2D eigenvalue weighted by Gasteiger charge is 2.34. The largest absolute Gasteiger partial charge is 0.456 e. The third kappa shape index (κ3) is 4.11. The van der Waals surface area contributed by atoms with E-state index in [4.69, 9.17) is 4.74 Å². The lowest BCUT2D eigenvalue weighted by Gasteiger charge is -2.26. The lowest BCUT2D eigenvalue weighted by molar-refractivity contribution is -0.140. The molecule has 2 heterocycles. The molecule has 10 heteroatoms. The number of aromatic nitrogens is 1. The van der Waals surface area contributed by atoms with Crippen LogP contribution in [0.3, 0.4) is 0 Å². The summed E-state index contributed by atoms with van der Waals surface area (Å²) in [6.45, 7) is 3.60. The Morgan fingerprint density at radius 3 is 2.59 bits per heavy atom. The van der Waals surface area contributed by atoms with Crippen LogP contribution in [0.2, 0.25) is 0 Å². The molecule has 0 amide bonds. The molecule has 2 aromatic rings. The molecule has 0 N–H and O–H groups in total. The summed E-state index contributed by atoms with van der Waals surface area (Å²) in [5.41, 5.74) is -0.0880. The Morgan fingerprint density at radius 2 is 1.96 bits per heavy atom. The average molecular weight is 402 g/mol. The van der Waals surface area contributed by atoms with Crippen molar-refractivity contribution in [2.75, 3.05) is 6.54 Å². The number of alkyl halides is 3. The van der Waals surface area contributed by atoms with Crippen molar-refractivity contribution in [1.82, 2.24) is 9.29 Å². The van der Waals surface area contributed by atoms with Crippen molar-refractivity contribution < 1.29 is 30.7 Å². The summed E-state index contributed by atoms with van der Waals surface area (Å²) in [4.78, 5) is 4.15. The maximum absolute atomic E-state index is 13.6. The van der Waals surface area contributed by atoms with Crippen LogP contribution in [0.25, 0.3) is 0 Å². The minimum Gasteiger partial charge on any atom is -0.456 e. The highest BCUT2D eigenvalue weighted by atomic mass is 32.2. The maximum atomic E-state index is 13.6. The maximum Gasteiger partial charge on any atom is 0.419 e. The van der Waals surface area contributed by atoms with Gasteiger partial charge in [-0.25, -0.2) is 12.8 Å². The van der Waals surface area contributed by atoms with E-state index in [1.54, 1.807) is 6.07 Å². The van der Waals surface area contributed by atoms with E-state index in [9.17, 15) is 26.0 Å². The van der Waals surface area contributed by atoms with Gasteiger partial charge in [0.2, 0.25) is 10.0 Å². The molecule has 0 spiro atoms. The third-order valence-corrected chi connectivity index (χ3v) is 5.50. The van der Waals surface area contributed by atoms with Crippen molar-refractivity contribution in [1.29, 1.82) is 0 Å². The van der Waals surface area contributed by atoms with Gasteiger partial charge < -0.3 is 4.74 Å². The second-order valence-electron chi connectivity index (χ2n) is 5.81. The van der Waals surface area contributed by atoms with Crippen molar-refractivity contribution in [3.8, 4) is 11.5 Å². The molecule has 0 unspecified atom stereocenters. The Hall–Kier alpha value is -2.46. The summed E-state index contributed by atoms with van der Waals surface area (Å²) in [6.07, 6.45) is -3.10. The fourth-order valence-electron chi connectivity index (χ4n) is 2.67. The molecular formula is C17H14F4N2O3S. The summed E-state index contributed by atoms with van der Waals surface area (Å²) < 4.78 is 81.7. The number of ether oxygens (including phenoxy) is 1. The summed E-state index contributed by atoms with van der Waals surface area (Å²) >= 11 is 0. The van der Waals surface area contributed by atoms with Crippen LogP contribution < -0.4 is 4.74 Å². The normalized spacial score (nSPS) is 15.3. The van der Waals surface area contributed by atoms with Gasteiger partial charge in [0, 0.05) is 18.0 Å². The molecule has 0 aliphatic carbocycles. The number of pyridine rings is 1. The summed E-state index contributed by atoms with van der Waals surface area (Å²) in [5.74, 6) is -1.32. The zero-order chi connectivity index (χ0) is 19.8. The van der Waals surface area contributed by atoms with E-state index in [1.165, 1.54) is 10.5 Å². The van der Waals surface area contributed by atoms with E-state index >= 15 is 0 Å². The zero-order valence-corrected chi connectivity index (χ0v) is 14.6. The first-order chi connectivity index (χ1) is 12.6. The van der Waals surface area contributed by atoms with Crippen LogP contribution in [0.15, 0.2) is 42.4 Å². The predicted octanol–water partition coefficient (Wildman–Crippen LogP) is 3.86. The minimum atomic E-state index is -4.78. The molecule has 0 bridgehead atoms. The number of hydrogen-bond donors (Lipinski definition) is 0. The summed E-state index contributed by atoms with van der Waals surface area (Å²) in [5, 5.41) is 0.870. The quantitative estimate of drug-likeness (QED) is 0.729. The first-order valence-corrected chi connectivity index (χ1v) is 9.25. The van der Waals surface area contributed by atoms with Crippen LogP contribution in [0.5, 0.6) is 11.5 Å². The van der Waals surface area contributed by atoms with Gasteiger partial charge in [0.25, 0.3) is 0 Å². The van der Waals surface area contributed by atoms with E-state index in [1.807, 2.05) is 0 Å². The van der Waals surface area contributed by atoms with Gasteiger partial charge in [0.15, 0.2) is 0 Å². The van der Waals surface area contributed by atoms with Crippen molar-refractivity contribution in [3.63, 3.8) is 0 Å². The molecule has 0 saturated carbocycles. The molecule has 0 atom stereocenters. The molecule has 1 aliphatic heterocycles. The molecule has 1 aromatic carbocycles. The van der Waals surface area contributed by atoms with Gasteiger partial charge in [-0.3, -0.25) is 4.98 Å². The number of fused-ring (bicyclic) bond motifs is 1. The number of benzene rings is 1. The third-order valence-electron chi connectivity index (χ3n) is 4.04. The molecule has 5 nitrogen and oxygen atoms in total. The van der Waals surface area contributed by atoms with Crippen molar-refractivity contribution in [2.45, 2.75) is 19.1 Å². The number of nitrogens with zero attached hydrogens (tertiary/aromatic N) is 2. The van der Waals surface area contributed by atoms with E-state index < -0.39 is 27.6 Å². The van der Waals surface area contributed by atoms with E-state index in [-0.39, 0.29) is 24.6 Å². The summed E-state index contributed by atoms with van der Waals surface area (Å²) in [6, 6.07) is 3.88. The van der Waals surface area contributed by atoms with Crippen LogP contribution in [0.4, 0.5) is 17.6 Å². The highest BCUT2D eigenvalue weighted by molar-refractivity contribution is 7.91. The standard InChI is InChI=1S/C17H14F4N2O3S/c1-2-27(24,25)23-6-5-11-7-13(9-22-16(11)10-23)26-12-3-4-14(15(18)8-12)17(19,20)21/h2-4,7-9H,1,5-6,10H2. The monoisotopic (exact) mass is 402 g/mol. The minimum absolute atomic E-state index is 0.0822. The van der Waals surface area contributed by atoms with Gasteiger partial charge in [-0.05, 0) is 30.2 Å². The topological polar surface area (TPSA) is 59.5 Å². The van der Waals surface area contributed by atoms with E-state index in [0.29, 0.717) is 24.2 Å². The lowest BCUT2D eigenvalue weighted by Crippen LogP contribution is -2.35. The number of hydrogen-bond acceptors (Lipinski definition) is 4. The fourth-order valence-corrected chi connectivity index (χ4v) is 3.53. The van der Waals surface area contributed by atoms with Crippen LogP contribution in [0, 0.1) is 5.82 Å². The molecule has 27 heavy (non-hydrogen) atoms. The zero-order valence-electron chi connectivity index (χ0n) is 13.8. The van der Waals surface area contributed by atoms with Crippen LogP contribution in [0.1, 0.15) is 16.8 Å². The van der Waals surface area contributed by atoms with Crippen molar-refractivity contribution in [2.24, 2.45) is 0 Å². The average Bonchev–Trinajstić information content (AvgIpc) is 2.60. The first-order valence-electron chi connectivity index (χ1n) is 7.75. The van der Waals surface area contributed by atoms with Crippen molar-refractivity contribution >= 4 is 10.0 Å². The van der Waals surface area contributed by atoms with E-state index in [0.717, 1.165) is 17.0 Å². The smallest absolute Gasteiger partial charge is 0.419 e. The van der Waals surface area contributed by atoms with Gasteiger partial charge >= 0.3 is 6.18 Å². The Morgan fingerprint density at radius 1 is 1.22 bits per heavy atom. The molecule has 3 rings (SSSR count). The van der Waals surface area contributed by atoms with Gasteiger partial charge in [-0.1, -0.05) is 6.58 Å². The van der Waals surface area contributed by atoms with Crippen LogP contribution in [-0.2, 0) is 29.2 Å². The van der Waals surface area contributed by atoms with Gasteiger partial charge in [-0.15, -0.1) is 0 Å². The Bertz CT molecular complexity index is 990. The molecule has 1 aromatic heterocycles. The Labute approximate surface area is 152 Å². The molecule has 144 valence electrons. The molecule has 0 radical (unpaired) electrons. The molecule has 0 saturated heterocycles. The Kier molecular flexibility index (Phi) is 4.96. The van der Waals surface area contributed by atoms with Crippen LogP contribution >= 0.6 is 0 Å². The summed E-state index contributed by atoms with van der Waals surface area (Å²) in [7, 11) is -3.55. The molecule has 0 fully saturated rings. The number of rotatable bonds is 4. The number of sulfonamides is 1. The van der Waals surface area contributed by atoms with Gasteiger partial charge in [0.05, 0.1) is 24.0 Å². The van der Waals surface area contributed by atoms with E-state index in [2.05, 4.69) is 11.6 Å². The fraction of sp³-hybridized carbons (Fsp3) is 0.235. The highest BCUT2D eigenvalue weighted by Crippen LogP contribution is 2.34. The van der Waals surface area contributed by atoms with Gasteiger partial charge in [-0.2, -0.15) is 17.5 Å². The first kappa shape index (κ1) is 19.3. The Balaban J connectivity index is 1.79. The van der Waals surface area contributed by atoms with Crippen LogP contribution in [-0.4, -0.2) is 24.3 Å².